The van der Waals surface area contributed by atoms with Crippen molar-refractivity contribution >= 4 is 56.4 Å². The molecule has 224 valence electrons. The molecule has 0 spiro atoms. The molecule has 1 aliphatic heterocycles. The van der Waals surface area contributed by atoms with Crippen LogP contribution in [0.2, 0.25) is 0 Å². The van der Waals surface area contributed by atoms with Crippen LogP contribution in [-0.4, -0.2) is 52.9 Å². The summed E-state index contributed by atoms with van der Waals surface area (Å²) in [6, 6.07) is 19.5. The van der Waals surface area contributed by atoms with Crippen LogP contribution in [-0.2, 0) is 15.8 Å². The molecule has 11 heteroatoms. The quantitative estimate of drug-likeness (QED) is 0.230. The van der Waals surface area contributed by atoms with Gasteiger partial charge in [0.1, 0.15) is 0 Å². The summed E-state index contributed by atoms with van der Waals surface area (Å²) in [6.45, 7) is 4.10. The summed E-state index contributed by atoms with van der Waals surface area (Å²) in [7, 11) is 0. The second-order valence-electron chi connectivity index (χ2n) is 10.7. The molecule has 1 fully saturated rings. The largest absolute Gasteiger partial charge is 0.418 e. The van der Waals surface area contributed by atoms with Crippen LogP contribution < -0.4 is 15.5 Å². The molecule has 2 N–H and O–H groups in total. The SMILES string of the molecule is CC(=O)Nc1cnc2ccc(-c3cnc4ccccc4c3)cc2c1Nc1ccc(N2CCN(C(C)=O)CC2)c(C(F)(F)F)c1. The number of fused-ring (bicyclic) bond motifs is 2. The maximum Gasteiger partial charge on any atom is 0.418 e. The fourth-order valence-corrected chi connectivity index (χ4v) is 5.54. The summed E-state index contributed by atoms with van der Waals surface area (Å²) in [5, 5.41) is 7.48. The van der Waals surface area contributed by atoms with Crippen molar-refractivity contribution in [1.82, 2.24) is 14.9 Å². The van der Waals surface area contributed by atoms with Crippen LogP contribution in [0.15, 0.2) is 79.1 Å². The zero-order chi connectivity index (χ0) is 31.0. The number of nitrogens with zero attached hydrogens (tertiary/aromatic N) is 4. The third kappa shape index (κ3) is 5.85. The highest BCUT2D eigenvalue weighted by Crippen LogP contribution is 2.41. The van der Waals surface area contributed by atoms with Gasteiger partial charge in [-0.2, -0.15) is 13.2 Å². The summed E-state index contributed by atoms with van der Waals surface area (Å²) < 4.78 is 43.2. The topological polar surface area (TPSA) is 90.5 Å². The molecule has 3 aromatic carbocycles. The highest BCUT2D eigenvalue weighted by molar-refractivity contribution is 6.05. The van der Waals surface area contributed by atoms with Gasteiger partial charge in [-0.3, -0.25) is 19.6 Å². The van der Waals surface area contributed by atoms with Crippen molar-refractivity contribution in [2.45, 2.75) is 20.0 Å². The molecule has 0 aliphatic carbocycles. The maximum absolute atomic E-state index is 14.4. The van der Waals surface area contributed by atoms with Crippen molar-refractivity contribution in [3.8, 4) is 11.1 Å². The first kappa shape index (κ1) is 28.9. The molecule has 6 rings (SSSR count). The fraction of sp³-hybridized carbons (Fsp3) is 0.212. The number of hydrogen-bond acceptors (Lipinski definition) is 6. The minimum absolute atomic E-state index is 0.0546. The molecule has 44 heavy (non-hydrogen) atoms. The summed E-state index contributed by atoms with van der Waals surface area (Å²) in [5.74, 6) is -0.444. The number of rotatable bonds is 5. The lowest BCUT2D eigenvalue weighted by molar-refractivity contribution is -0.137. The van der Waals surface area contributed by atoms with Gasteiger partial charge in [-0.1, -0.05) is 24.3 Å². The number of piperazine rings is 1. The van der Waals surface area contributed by atoms with Crippen LogP contribution in [0.25, 0.3) is 32.9 Å². The number of amides is 2. The second kappa shape index (κ2) is 11.5. The first-order chi connectivity index (χ1) is 21.1. The Morgan fingerprint density at radius 3 is 2.30 bits per heavy atom. The van der Waals surface area contributed by atoms with Crippen molar-refractivity contribution in [2.75, 3.05) is 41.7 Å². The molecule has 1 aliphatic rings. The normalized spacial score (nSPS) is 13.8. The molecule has 3 heterocycles. The number of aromatic nitrogens is 2. The molecule has 0 radical (unpaired) electrons. The predicted molar refractivity (Wildman–Crippen MR) is 166 cm³/mol. The van der Waals surface area contributed by atoms with E-state index >= 15 is 0 Å². The number of carbonyl (C=O) groups is 2. The molecule has 0 unspecified atom stereocenters. The predicted octanol–water partition coefficient (Wildman–Crippen LogP) is 6.84. The molecular formula is C33H29F3N6O2. The molecule has 0 saturated carbocycles. The van der Waals surface area contributed by atoms with E-state index in [9.17, 15) is 22.8 Å². The monoisotopic (exact) mass is 598 g/mol. The van der Waals surface area contributed by atoms with Crippen molar-refractivity contribution in [1.29, 1.82) is 0 Å². The van der Waals surface area contributed by atoms with Gasteiger partial charge in [-0.25, -0.2) is 0 Å². The van der Waals surface area contributed by atoms with E-state index in [1.807, 2.05) is 48.5 Å². The number of para-hydroxylation sites is 1. The fourth-order valence-electron chi connectivity index (χ4n) is 5.54. The second-order valence-corrected chi connectivity index (χ2v) is 10.7. The number of nitrogens with one attached hydrogen (secondary N) is 2. The minimum Gasteiger partial charge on any atom is -0.367 e. The van der Waals surface area contributed by atoms with Crippen LogP contribution in [0.3, 0.4) is 0 Å². The number of benzene rings is 3. The van der Waals surface area contributed by atoms with Crippen LogP contribution in [0.5, 0.6) is 0 Å². The molecule has 2 aromatic heterocycles. The molecular weight excluding hydrogens is 569 g/mol. The zero-order valence-corrected chi connectivity index (χ0v) is 24.1. The van der Waals surface area contributed by atoms with E-state index in [0.29, 0.717) is 48.5 Å². The Bertz CT molecular complexity index is 1900. The number of pyridine rings is 2. The first-order valence-electron chi connectivity index (χ1n) is 14.1. The Hall–Kier alpha value is -5.19. The van der Waals surface area contributed by atoms with E-state index in [2.05, 4.69) is 20.6 Å². The summed E-state index contributed by atoms with van der Waals surface area (Å²) >= 11 is 0. The van der Waals surface area contributed by atoms with Crippen LogP contribution in [0, 0.1) is 0 Å². The van der Waals surface area contributed by atoms with Gasteiger partial charge in [-0.05, 0) is 48.0 Å². The van der Waals surface area contributed by atoms with E-state index in [4.69, 9.17) is 0 Å². The number of anilines is 4. The highest BCUT2D eigenvalue weighted by Gasteiger charge is 2.36. The van der Waals surface area contributed by atoms with E-state index in [1.165, 1.54) is 26.1 Å². The van der Waals surface area contributed by atoms with Gasteiger partial charge in [0.15, 0.2) is 0 Å². The Morgan fingerprint density at radius 1 is 0.818 bits per heavy atom. The van der Waals surface area contributed by atoms with Crippen LogP contribution >= 0.6 is 0 Å². The number of hydrogen-bond donors (Lipinski definition) is 2. The van der Waals surface area contributed by atoms with Gasteiger partial charge in [0, 0.05) is 73.9 Å². The lowest BCUT2D eigenvalue weighted by Crippen LogP contribution is -2.48. The van der Waals surface area contributed by atoms with Gasteiger partial charge in [0.05, 0.1) is 34.2 Å². The van der Waals surface area contributed by atoms with Crippen molar-refractivity contribution in [2.24, 2.45) is 0 Å². The standard InChI is InChI=1S/C33H29F3N6O2/c1-20(43)39-30-19-38-29-9-7-22(24-15-23-5-3-4-6-28(23)37-18-24)16-26(29)32(30)40-25-8-10-31(27(17-25)33(34,35)36)42-13-11-41(12-14-42)21(2)44/h3-10,15-19H,11-14H2,1-2H3,(H,38,40)(H,39,43). The van der Waals surface area contributed by atoms with Crippen LogP contribution in [0.1, 0.15) is 19.4 Å². The Balaban J connectivity index is 1.41. The number of alkyl halides is 3. The van der Waals surface area contributed by atoms with Crippen LogP contribution in [0.4, 0.5) is 35.9 Å². The molecule has 2 amide bonds. The smallest absolute Gasteiger partial charge is 0.367 e. The van der Waals surface area contributed by atoms with Crippen molar-refractivity contribution < 1.29 is 22.8 Å². The zero-order valence-electron chi connectivity index (χ0n) is 24.1. The Kier molecular flexibility index (Phi) is 7.54. The molecule has 0 bridgehead atoms. The van der Waals surface area contributed by atoms with Crippen molar-refractivity contribution in [3.05, 3.63) is 84.7 Å². The van der Waals surface area contributed by atoms with Gasteiger partial charge in [0.2, 0.25) is 11.8 Å². The maximum atomic E-state index is 14.4. The van der Waals surface area contributed by atoms with E-state index in [-0.39, 0.29) is 23.2 Å². The lowest BCUT2D eigenvalue weighted by Gasteiger charge is -2.36. The number of halogens is 3. The minimum atomic E-state index is -4.62. The molecule has 1 saturated heterocycles. The summed E-state index contributed by atoms with van der Waals surface area (Å²) in [5.41, 5.74) is 3.34. The van der Waals surface area contributed by atoms with Gasteiger partial charge >= 0.3 is 6.18 Å². The third-order valence-corrected chi connectivity index (χ3v) is 7.74. The average molecular weight is 599 g/mol. The number of carbonyl (C=O) groups excluding carboxylic acids is 2. The average Bonchev–Trinajstić information content (AvgIpc) is 3.01. The first-order valence-corrected chi connectivity index (χ1v) is 14.1. The Morgan fingerprint density at radius 2 is 1.57 bits per heavy atom. The van der Waals surface area contributed by atoms with Gasteiger partial charge in [0.25, 0.3) is 0 Å². The molecule has 0 atom stereocenters. The Labute approximate surface area is 251 Å². The van der Waals surface area contributed by atoms with E-state index in [0.717, 1.165) is 28.1 Å². The lowest BCUT2D eigenvalue weighted by atomic mass is 10.0. The molecule has 8 nitrogen and oxygen atoms in total. The summed E-state index contributed by atoms with van der Waals surface area (Å²) in [6.07, 6.45) is -1.37. The van der Waals surface area contributed by atoms with E-state index < -0.39 is 11.7 Å². The van der Waals surface area contributed by atoms with E-state index in [1.54, 1.807) is 22.1 Å². The van der Waals surface area contributed by atoms with Gasteiger partial charge in [-0.15, -0.1) is 0 Å². The molecule has 5 aromatic rings. The summed E-state index contributed by atoms with van der Waals surface area (Å²) in [4.78, 5) is 36.1. The third-order valence-electron chi connectivity index (χ3n) is 7.74. The highest BCUT2D eigenvalue weighted by atomic mass is 19.4. The van der Waals surface area contributed by atoms with Gasteiger partial charge < -0.3 is 20.4 Å². The van der Waals surface area contributed by atoms with Crippen molar-refractivity contribution in [3.63, 3.8) is 0 Å².